The zero-order chi connectivity index (χ0) is 24.6. The summed E-state index contributed by atoms with van der Waals surface area (Å²) < 4.78 is 16.1. The molecule has 0 aliphatic carbocycles. The fourth-order valence-electron chi connectivity index (χ4n) is 3.53. The number of benzene rings is 3. The van der Waals surface area contributed by atoms with E-state index in [9.17, 15) is 14.4 Å². The second-order valence-corrected chi connectivity index (χ2v) is 7.97. The van der Waals surface area contributed by atoms with E-state index in [4.69, 9.17) is 13.9 Å². The van der Waals surface area contributed by atoms with Crippen molar-refractivity contribution in [2.75, 3.05) is 6.61 Å². The first kappa shape index (κ1) is 23.8. The van der Waals surface area contributed by atoms with Crippen LogP contribution in [-0.4, -0.2) is 18.5 Å². The Balaban J connectivity index is 1.37. The summed E-state index contributed by atoms with van der Waals surface area (Å²) in [6, 6.07) is 23.0. The molecule has 0 fully saturated rings. The van der Waals surface area contributed by atoms with Gasteiger partial charge in [-0.2, -0.15) is 0 Å². The highest BCUT2D eigenvalue weighted by Crippen LogP contribution is 2.21. The van der Waals surface area contributed by atoms with E-state index in [1.54, 1.807) is 12.1 Å². The van der Waals surface area contributed by atoms with Crippen molar-refractivity contribution in [2.45, 2.75) is 26.3 Å². The minimum atomic E-state index is -0.776. The fraction of sp³-hybridized carbons (Fsp3) is 0.179. The summed E-state index contributed by atoms with van der Waals surface area (Å²) in [6.07, 6.45) is 2.04. The minimum absolute atomic E-state index is 0.100. The Kier molecular flexibility index (Phi) is 7.57. The van der Waals surface area contributed by atoms with E-state index in [2.05, 4.69) is 12.2 Å². The van der Waals surface area contributed by atoms with Crippen molar-refractivity contribution in [3.63, 3.8) is 0 Å². The Morgan fingerprint density at radius 3 is 2.37 bits per heavy atom. The number of fused-ring (bicyclic) bond motifs is 1. The van der Waals surface area contributed by atoms with Gasteiger partial charge in [-0.25, -0.2) is 9.59 Å². The van der Waals surface area contributed by atoms with Crippen LogP contribution in [0.25, 0.3) is 11.0 Å². The topological polar surface area (TPSA) is 94.8 Å². The lowest BCUT2D eigenvalue weighted by Gasteiger charge is -2.08. The lowest BCUT2D eigenvalue weighted by atomic mass is 10.1. The van der Waals surface area contributed by atoms with Gasteiger partial charge in [-0.15, -0.1) is 0 Å². The van der Waals surface area contributed by atoms with Gasteiger partial charge < -0.3 is 19.2 Å². The third-order valence-electron chi connectivity index (χ3n) is 5.30. The monoisotopic (exact) mass is 471 g/mol. The average molecular weight is 472 g/mol. The molecule has 0 bridgehead atoms. The maximum absolute atomic E-state index is 12.5. The van der Waals surface area contributed by atoms with E-state index in [-0.39, 0.29) is 30.0 Å². The van der Waals surface area contributed by atoms with Crippen molar-refractivity contribution in [2.24, 2.45) is 0 Å². The maximum Gasteiger partial charge on any atom is 0.349 e. The van der Waals surface area contributed by atoms with Crippen molar-refractivity contribution in [3.05, 3.63) is 106 Å². The van der Waals surface area contributed by atoms with Gasteiger partial charge >= 0.3 is 11.6 Å². The van der Waals surface area contributed by atoms with Crippen LogP contribution in [0.15, 0.2) is 88.1 Å². The van der Waals surface area contributed by atoms with Crippen molar-refractivity contribution in [1.29, 1.82) is 0 Å². The molecule has 7 heteroatoms. The van der Waals surface area contributed by atoms with Crippen LogP contribution < -0.4 is 20.4 Å². The molecule has 7 nitrogen and oxygen atoms in total. The summed E-state index contributed by atoms with van der Waals surface area (Å²) in [7, 11) is 0. The van der Waals surface area contributed by atoms with Gasteiger partial charge in [-0.3, -0.25) is 4.79 Å². The zero-order valence-corrected chi connectivity index (χ0v) is 19.3. The van der Waals surface area contributed by atoms with E-state index < -0.39 is 17.5 Å². The summed E-state index contributed by atoms with van der Waals surface area (Å²) in [5.74, 6) is -0.348. The number of aryl methyl sites for hydroxylation is 1. The molecule has 3 aromatic carbocycles. The van der Waals surface area contributed by atoms with Crippen LogP contribution in [0.4, 0.5) is 0 Å². The molecule has 0 unspecified atom stereocenters. The van der Waals surface area contributed by atoms with Gasteiger partial charge in [0.15, 0.2) is 6.61 Å². The third kappa shape index (κ3) is 6.35. The normalized spacial score (nSPS) is 10.7. The number of esters is 1. The molecule has 0 spiro atoms. The van der Waals surface area contributed by atoms with Crippen molar-refractivity contribution >= 4 is 22.8 Å². The predicted octanol–water partition coefficient (Wildman–Crippen LogP) is 4.66. The number of rotatable bonds is 9. The standard InChI is InChI=1S/C28H25NO6/c1-2-6-19-9-12-22(13-10-19)33-18-26(30)34-23-14-11-21-15-24(28(32)35-25(21)16-23)27(31)29-17-20-7-4-3-5-8-20/h3-5,7-16H,2,6,17-18H2,1H3,(H,29,31). The lowest BCUT2D eigenvalue weighted by molar-refractivity contribution is -0.136. The molecule has 1 amide bonds. The number of amides is 1. The summed E-state index contributed by atoms with van der Waals surface area (Å²) in [5, 5.41) is 3.24. The molecule has 178 valence electrons. The molecular weight excluding hydrogens is 446 g/mol. The van der Waals surface area contributed by atoms with Gasteiger partial charge in [0.05, 0.1) is 0 Å². The van der Waals surface area contributed by atoms with Gasteiger partial charge in [0.2, 0.25) is 0 Å². The van der Waals surface area contributed by atoms with Gasteiger partial charge in [0.1, 0.15) is 22.6 Å². The number of nitrogens with one attached hydrogen (secondary N) is 1. The SMILES string of the molecule is CCCc1ccc(OCC(=O)Oc2ccc3cc(C(=O)NCc4ccccc4)c(=O)oc3c2)cc1. The summed E-state index contributed by atoms with van der Waals surface area (Å²) in [6.45, 7) is 2.13. The molecule has 0 atom stereocenters. The Morgan fingerprint density at radius 1 is 0.886 bits per heavy atom. The minimum Gasteiger partial charge on any atom is -0.482 e. The third-order valence-corrected chi connectivity index (χ3v) is 5.30. The van der Waals surface area contributed by atoms with E-state index in [1.165, 1.54) is 17.7 Å². The summed E-state index contributed by atoms with van der Waals surface area (Å²) in [4.78, 5) is 37.1. The molecule has 0 saturated carbocycles. The van der Waals surface area contributed by atoms with Crippen LogP contribution in [0.5, 0.6) is 11.5 Å². The molecule has 0 aliphatic rings. The predicted molar refractivity (Wildman–Crippen MR) is 132 cm³/mol. The molecule has 0 saturated heterocycles. The highest BCUT2D eigenvalue weighted by Gasteiger charge is 2.15. The van der Waals surface area contributed by atoms with E-state index in [0.717, 1.165) is 18.4 Å². The fourth-order valence-corrected chi connectivity index (χ4v) is 3.53. The molecule has 35 heavy (non-hydrogen) atoms. The van der Waals surface area contributed by atoms with Gasteiger partial charge in [-0.05, 0) is 47.9 Å². The molecule has 4 rings (SSSR count). The number of carbonyl (C=O) groups excluding carboxylic acids is 2. The molecule has 4 aromatic rings. The van der Waals surface area contributed by atoms with E-state index in [0.29, 0.717) is 11.1 Å². The molecule has 1 N–H and O–H groups in total. The quantitative estimate of drug-likeness (QED) is 0.217. The van der Waals surface area contributed by atoms with E-state index >= 15 is 0 Å². The molecule has 0 radical (unpaired) electrons. The van der Waals surface area contributed by atoms with Gasteiger partial charge in [-0.1, -0.05) is 55.8 Å². The first-order valence-electron chi connectivity index (χ1n) is 11.3. The largest absolute Gasteiger partial charge is 0.482 e. The van der Waals surface area contributed by atoms with Crippen molar-refractivity contribution in [3.8, 4) is 11.5 Å². The Hall–Kier alpha value is -4.39. The highest BCUT2D eigenvalue weighted by atomic mass is 16.6. The Morgan fingerprint density at radius 2 is 1.63 bits per heavy atom. The van der Waals surface area contributed by atoms with Crippen LogP contribution in [0.1, 0.15) is 34.8 Å². The average Bonchev–Trinajstić information content (AvgIpc) is 2.87. The first-order chi connectivity index (χ1) is 17.0. The van der Waals surface area contributed by atoms with Crippen LogP contribution in [0.3, 0.4) is 0 Å². The summed E-state index contributed by atoms with van der Waals surface area (Å²) >= 11 is 0. The number of carbonyl (C=O) groups is 2. The number of ether oxygens (including phenoxy) is 2. The zero-order valence-electron chi connectivity index (χ0n) is 19.3. The van der Waals surface area contributed by atoms with Crippen LogP contribution in [-0.2, 0) is 17.8 Å². The second-order valence-electron chi connectivity index (χ2n) is 7.97. The van der Waals surface area contributed by atoms with Crippen molar-refractivity contribution < 1.29 is 23.5 Å². The van der Waals surface area contributed by atoms with Crippen LogP contribution >= 0.6 is 0 Å². The van der Waals surface area contributed by atoms with Crippen molar-refractivity contribution in [1.82, 2.24) is 5.32 Å². The molecule has 0 aliphatic heterocycles. The molecular formula is C28H25NO6. The first-order valence-corrected chi connectivity index (χ1v) is 11.3. The maximum atomic E-state index is 12.5. The molecule has 1 heterocycles. The number of hydrogen-bond donors (Lipinski definition) is 1. The van der Waals surface area contributed by atoms with Crippen LogP contribution in [0.2, 0.25) is 0 Å². The van der Waals surface area contributed by atoms with Crippen LogP contribution in [0, 0.1) is 0 Å². The highest BCUT2D eigenvalue weighted by molar-refractivity contribution is 5.96. The Bertz CT molecular complexity index is 1380. The van der Waals surface area contributed by atoms with Gasteiger partial charge in [0, 0.05) is 18.0 Å². The number of hydrogen-bond acceptors (Lipinski definition) is 6. The Labute approximate surface area is 202 Å². The molecule has 1 aromatic heterocycles. The van der Waals surface area contributed by atoms with Gasteiger partial charge in [0.25, 0.3) is 5.91 Å². The smallest absolute Gasteiger partial charge is 0.349 e. The lowest BCUT2D eigenvalue weighted by Crippen LogP contribution is -2.27. The second kappa shape index (κ2) is 11.2. The summed E-state index contributed by atoms with van der Waals surface area (Å²) in [5.41, 5.74) is 1.44. The van der Waals surface area contributed by atoms with E-state index in [1.807, 2.05) is 54.6 Å².